The fraction of sp³-hybridized carbons (Fsp3) is 0.467. The minimum atomic E-state index is -0.135. The van der Waals surface area contributed by atoms with E-state index in [9.17, 15) is 9.59 Å². The SMILES string of the molecule is COCCNCCNC(=O)CN1Cc2ccccc2C1=O.Cl. The maximum absolute atomic E-state index is 12.1. The van der Waals surface area contributed by atoms with Crippen LogP contribution in [0.15, 0.2) is 24.3 Å². The predicted molar refractivity (Wildman–Crippen MR) is 86.2 cm³/mol. The molecular weight excluding hydrogens is 306 g/mol. The molecule has 1 aromatic rings. The number of nitrogens with zero attached hydrogens (tertiary/aromatic N) is 1. The minimum Gasteiger partial charge on any atom is -0.383 e. The van der Waals surface area contributed by atoms with E-state index in [2.05, 4.69) is 10.6 Å². The van der Waals surface area contributed by atoms with Crippen molar-refractivity contribution in [2.45, 2.75) is 6.54 Å². The van der Waals surface area contributed by atoms with Crippen LogP contribution in [-0.2, 0) is 16.1 Å². The summed E-state index contributed by atoms with van der Waals surface area (Å²) < 4.78 is 4.91. The standard InChI is InChI=1S/C15H21N3O3.ClH/c1-21-9-8-16-6-7-17-14(19)11-18-10-12-4-2-3-5-13(12)15(18)20;/h2-5,16H,6-11H2,1H3,(H,17,19);1H. The number of nitrogens with one attached hydrogen (secondary N) is 2. The van der Waals surface area contributed by atoms with Gasteiger partial charge in [-0.2, -0.15) is 0 Å². The summed E-state index contributed by atoms with van der Waals surface area (Å²) in [4.78, 5) is 25.5. The molecule has 1 aliphatic rings. The summed E-state index contributed by atoms with van der Waals surface area (Å²) in [6.07, 6.45) is 0. The second-order valence-electron chi connectivity index (χ2n) is 4.91. The summed E-state index contributed by atoms with van der Waals surface area (Å²) in [5.41, 5.74) is 1.68. The Kier molecular flexibility index (Phi) is 7.87. The van der Waals surface area contributed by atoms with Crippen LogP contribution < -0.4 is 10.6 Å². The lowest BCUT2D eigenvalue weighted by atomic mass is 10.1. The molecule has 122 valence electrons. The molecule has 2 rings (SSSR count). The molecule has 0 unspecified atom stereocenters. The Labute approximate surface area is 136 Å². The number of benzene rings is 1. The number of methoxy groups -OCH3 is 1. The molecule has 0 spiro atoms. The molecule has 7 heteroatoms. The highest BCUT2D eigenvalue weighted by Crippen LogP contribution is 2.21. The van der Waals surface area contributed by atoms with E-state index in [0.717, 1.165) is 12.1 Å². The monoisotopic (exact) mass is 327 g/mol. The van der Waals surface area contributed by atoms with Crippen molar-refractivity contribution < 1.29 is 14.3 Å². The van der Waals surface area contributed by atoms with Crippen molar-refractivity contribution in [3.63, 3.8) is 0 Å². The van der Waals surface area contributed by atoms with Crippen LogP contribution in [0.1, 0.15) is 15.9 Å². The molecule has 2 N–H and O–H groups in total. The number of carbonyl (C=O) groups is 2. The zero-order valence-electron chi connectivity index (χ0n) is 12.6. The third-order valence-corrected chi connectivity index (χ3v) is 3.34. The van der Waals surface area contributed by atoms with Crippen molar-refractivity contribution in [3.05, 3.63) is 35.4 Å². The summed E-state index contributed by atoms with van der Waals surface area (Å²) in [6, 6.07) is 7.47. The molecule has 0 aliphatic carbocycles. The van der Waals surface area contributed by atoms with Gasteiger partial charge in [0.2, 0.25) is 5.91 Å². The molecule has 6 nitrogen and oxygen atoms in total. The number of hydrogen-bond acceptors (Lipinski definition) is 4. The van der Waals surface area contributed by atoms with Gasteiger partial charge in [-0.3, -0.25) is 9.59 Å². The highest BCUT2D eigenvalue weighted by molar-refractivity contribution is 6.00. The Morgan fingerprint density at radius 2 is 2.05 bits per heavy atom. The molecule has 1 aromatic carbocycles. The van der Waals surface area contributed by atoms with Crippen LogP contribution in [0.5, 0.6) is 0 Å². The molecule has 1 heterocycles. The number of fused-ring (bicyclic) bond motifs is 1. The predicted octanol–water partition coefficient (Wildman–Crippen LogP) is 0.416. The molecule has 0 atom stereocenters. The Morgan fingerprint density at radius 1 is 1.27 bits per heavy atom. The lowest BCUT2D eigenvalue weighted by Gasteiger charge is -2.15. The summed E-state index contributed by atoms with van der Waals surface area (Å²) in [7, 11) is 1.65. The Morgan fingerprint density at radius 3 is 2.77 bits per heavy atom. The Balaban J connectivity index is 0.00000242. The number of amides is 2. The Bertz CT molecular complexity index is 511. The zero-order valence-corrected chi connectivity index (χ0v) is 13.4. The highest BCUT2D eigenvalue weighted by atomic mass is 35.5. The quantitative estimate of drug-likeness (QED) is 0.679. The van der Waals surface area contributed by atoms with E-state index in [4.69, 9.17) is 4.74 Å². The number of rotatable bonds is 8. The molecule has 1 aliphatic heterocycles. The van der Waals surface area contributed by atoms with Gasteiger partial charge in [0.15, 0.2) is 0 Å². The van der Waals surface area contributed by atoms with Crippen LogP contribution in [-0.4, -0.2) is 56.6 Å². The van der Waals surface area contributed by atoms with Gasteiger partial charge in [-0.1, -0.05) is 18.2 Å². The topological polar surface area (TPSA) is 70.7 Å². The van der Waals surface area contributed by atoms with Crippen LogP contribution in [0.4, 0.5) is 0 Å². The molecule has 0 saturated carbocycles. The van der Waals surface area contributed by atoms with Crippen molar-refractivity contribution in [1.82, 2.24) is 15.5 Å². The largest absolute Gasteiger partial charge is 0.383 e. The number of halogens is 1. The van der Waals surface area contributed by atoms with Crippen molar-refractivity contribution in [2.75, 3.05) is 39.9 Å². The first-order valence-electron chi connectivity index (χ1n) is 7.06. The van der Waals surface area contributed by atoms with Crippen molar-refractivity contribution in [1.29, 1.82) is 0 Å². The highest BCUT2D eigenvalue weighted by Gasteiger charge is 2.27. The van der Waals surface area contributed by atoms with E-state index in [-0.39, 0.29) is 30.8 Å². The van der Waals surface area contributed by atoms with Gasteiger partial charge >= 0.3 is 0 Å². The summed E-state index contributed by atoms with van der Waals surface area (Å²) in [5.74, 6) is -0.205. The van der Waals surface area contributed by atoms with E-state index in [0.29, 0.717) is 31.8 Å². The summed E-state index contributed by atoms with van der Waals surface area (Å²) >= 11 is 0. The van der Waals surface area contributed by atoms with E-state index in [1.54, 1.807) is 18.1 Å². The lowest BCUT2D eigenvalue weighted by Crippen LogP contribution is -2.40. The van der Waals surface area contributed by atoms with E-state index in [1.807, 2.05) is 18.2 Å². The van der Waals surface area contributed by atoms with Gasteiger partial charge in [0.25, 0.3) is 5.91 Å². The molecule has 0 radical (unpaired) electrons. The normalized spacial score (nSPS) is 12.8. The van der Waals surface area contributed by atoms with Gasteiger partial charge in [0.1, 0.15) is 6.54 Å². The van der Waals surface area contributed by atoms with E-state index >= 15 is 0 Å². The second kappa shape index (κ2) is 9.40. The average Bonchev–Trinajstić information content (AvgIpc) is 2.80. The lowest BCUT2D eigenvalue weighted by molar-refractivity contribution is -0.121. The molecule has 22 heavy (non-hydrogen) atoms. The maximum Gasteiger partial charge on any atom is 0.254 e. The average molecular weight is 328 g/mol. The van der Waals surface area contributed by atoms with E-state index < -0.39 is 0 Å². The number of carbonyl (C=O) groups excluding carboxylic acids is 2. The van der Waals surface area contributed by atoms with Crippen LogP contribution in [0, 0.1) is 0 Å². The fourth-order valence-corrected chi connectivity index (χ4v) is 2.26. The molecule has 2 amide bonds. The Hall–Kier alpha value is -1.63. The van der Waals surface area contributed by atoms with Crippen LogP contribution in [0.3, 0.4) is 0 Å². The van der Waals surface area contributed by atoms with Gasteiger partial charge in [-0.15, -0.1) is 12.4 Å². The number of hydrogen-bond donors (Lipinski definition) is 2. The molecule has 0 fully saturated rings. The van der Waals surface area contributed by atoms with Crippen LogP contribution >= 0.6 is 12.4 Å². The minimum absolute atomic E-state index is 0. The van der Waals surface area contributed by atoms with Gasteiger partial charge in [0.05, 0.1) is 6.61 Å². The number of ether oxygens (including phenoxy) is 1. The van der Waals surface area contributed by atoms with Gasteiger partial charge < -0.3 is 20.3 Å². The smallest absolute Gasteiger partial charge is 0.254 e. The van der Waals surface area contributed by atoms with Gasteiger partial charge in [-0.05, 0) is 11.6 Å². The first-order chi connectivity index (χ1) is 10.2. The van der Waals surface area contributed by atoms with Crippen molar-refractivity contribution in [2.24, 2.45) is 0 Å². The fourth-order valence-electron chi connectivity index (χ4n) is 2.26. The third kappa shape index (κ3) is 4.98. The molecule has 0 aromatic heterocycles. The summed E-state index contributed by atoms with van der Waals surface area (Å²) in [6.45, 7) is 3.24. The van der Waals surface area contributed by atoms with Gasteiger partial charge in [0, 0.05) is 38.9 Å². The first-order valence-corrected chi connectivity index (χ1v) is 7.06. The van der Waals surface area contributed by atoms with Crippen molar-refractivity contribution >= 4 is 24.2 Å². The summed E-state index contributed by atoms with van der Waals surface area (Å²) in [5, 5.41) is 5.94. The zero-order chi connectivity index (χ0) is 15.1. The maximum atomic E-state index is 12.1. The van der Waals surface area contributed by atoms with E-state index in [1.165, 1.54) is 0 Å². The van der Waals surface area contributed by atoms with Crippen LogP contribution in [0.25, 0.3) is 0 Å². The van der Waals surface area contributed by atoms with Crippen LogP contribution in [0.2, 0.25) is 0 Å². The molecular formula is C15H22ClN3O3. The molecule has 0 bridgehead atoms. The third-order valence-electron chi connectivity index (χ3n) is 3.34. The van der Waals surface area contributed by atoms with Gasteiger partial charge in [-0.25, -0.2) is 0 Å². The molecule has 0 saturated heterocycles. The van der Waals surface area contributed by atoms with Crippen molar-refractivity contribution in [3.8, 4) is 0 Å². The first kappa shape index (κ1) is 18.4. The second-order valence-corrected chi connectivity index (χ2v) is 4.91.